The van der Waals surface area contributed by atoms with Crippen molar-refractivity contribution in [1.82, 2.24) is 10.2 Å². The molecule has 1 rings (SSSR count). The molecule has 2 nitrogen and oxygen atoms in total. The number of nitrogens with one attached hydrogen (secondary N) is 1. The highest BCUT2D eigenvalue weighted by Gasteiger charge is 2.29. The lowest BCUT2D eigenvalue weighted by Gasteiger charge is -2.23. The van der Waals surface area contributed by atoms with Crippen LogP contribution in [0.25, 0.3) is 0 Å². The highest BCUT2D eigenvalue weighted by Crippen LogP contribution is 2.16. The molecule has 0 aromatic heterocycles. The monoisotopic (exact) mass is 274 g/mol. The van der Waals surface area contributed by atoms with E-state index in [1.807, 2.05) is 37.3 Å². The molecule has 0 bridgehead atoms. The van der Waals surface area contributed by atoms with Crippen molar-refractivity contribution in [3.05, 3.63) is 35.9 Å². The van der Waals surface area contributed by atoms with Gasteiger partial charge < -0.3 is 5.32 Å². The van der Waals surface area contributed by atoms with Gasteiger partial charge in [-0.05, 0) is 18.5 Å². The molecule has 0 aliphatic heterocycles. The number of hydrogen-bond acceptors (Lipinski definition) is 2. The van der Waals surface area contributed by atoms with E-state index in [1.54, 1.807) is 0 Å². The fourth-order valence-electron chi connectivity index (χ4n) is 1.91. The molecule has 1 aromatic rings. The van der Waals surface area contributed by atoms with Crippen LogP contribution in [-0.2, 0) is 6.54 Å². The van der Waals surface area contributed by atoms with Crippen LogP contribution in [0.15, 0.2) is 30.3 Å². The maximum atomic E-state index is 12.3. The maximum absolute atomic E-state index is 12.3. The Balaban J connectivity index is 2.24. The van der Waals surface area contributed by atoms with Crippen molar-refractivity contribution in [3.8, 4) is 0 Å². The van der Waals surface area contributed by atoms with Gasteiger partial charge in [-0.1, -0.05) is 37.3 Å². The van der Waals surface area contributed by atoms with E-state index in [2.05, 4.69) is 5.32 Å². The largest absolute Gasteiger partial charge is 0.401 e. The molecule has 1 N–H and O–H groups in total. The van der Waals surface area contributed by atoms with Crippen LogP contribution in [0, 0.1) is 0 Å². The number of benzene rings is 1. The molecule has 0 atom stereocenters. The van der Waals surface area contributed by atoms with Crippen molar-refractivity contribution in [2.24, 2.45) is 0 Å². The average Bonchev–Trinajstić information content (AvgIpc) is 2.34. The number of rotatable bonds is 8. The topological polar surface area (TPSA) is 15.3 Å². The van der Waals surface area contributed by atoms with Crippen molar-refractivity contribution < 1.29 is 13.2 Å². The molecule has 1 aromatic carbocycles. The highest BCUT2D eigenvalue weighted by molar-refractivity contribution is 5.14. The Morgan fingerprint density at radius 1 is 1.11 bits per heavy atom. The van der Waals surface area contributed by atoms with Crippen LogP contribution in [0.4, 0.5) is 13.2 Å². The standard InChI is InChI=1S/C14H21F3N2/c1-2-9-19(12-14(15,16)17)10-8-18-11-13-6-4-3-5-7-13/h3-7,18H,2,8-12H2,1H3. The second-order valence-electron chi connectivity index (χ2n) is 4.55. The van der Waals surface area contributed by atoms with Gasteiger partial charge in [0.25, 0.3) is 0 Å². The van der Waals surface area contributed by atoms with E-state index in [9.17, 15) is 13.2 Å². The number of nitrogens with zero attached hydrogens (tertiary/aromatic N) is 1. The van der Waals surface area contributed by atoms with Crippen LogP contribution in [0.1, 0.15) is 18.9 Å². The molecule has 0 amide bonds. The van der Waals surface area contributed by atoms with Gasteiger partial charge in [0.1, 0.15) is 0 Å². The van der Waals surface area contributed by atoms with Crippen molar-refractivity contribution in [2.75, 3.05) is 26.2 Å². The summed E-state index contributed by atoms with van der Waals surface area (Å²) < 4.78 is 37.0. The van der Waals surface area contributed by atoms with Crippen LogP contribution >= 0.6 is 0 Å². The third-order valence-electron chi connectivity index (χ3n) is 2.72. The molecule has 0 fully saturated rings. The maximum Gasteiger partial charge on any atom is 0.401 e. The molecule has 0 saturated carbocycles. The fourth-order valence-corrected chi connectivity index (χ4v) is 1.91. The molecule has 108 valence electrons. The summed E-state index contributed by atoms with van der Waals surface area (Å²) in [4.78, 5) is 1.44. The van der Waals surface area contributed by atoms with E-state index in [0.717, 1.165) is 12.0 Å². The van der Waals surface area contributed by atoms with Crippen LogP contribution in [0.5, 0.6) is 0 Å². The Labute approximate surface area is 112 Å². The molecule has 0 aliphatic carbocycles. The quantitative estimate of drug-likeness (QED) is 0.733. The third kappa shape index (κ3) is 7.85. The van der Waals surface area contributed by atoms with Crippen molar-refractivity contribution >= 4 is 0 Å². The van der Waals surface area contributed by atoms with E-state index in [0.29, 0.717) is 26.2 Å². The van der Waals surface area contributed by atoms with E-state index < -0.39 is 12.7 Å². The molecule has 0 aliphatic rings. The molecule has 0 radical (unpaired) electrons. The molecule has 19 heavy (non-hydrogen) atoms. The molecule has 0 heterocycles. The average molecular weight is 274 g/mol. The zero-order valence-electron chi connectivity index (χ0n) is 11.2. The molecule has 0 spiro atoms. The van der Waals surface area contributed by atoms with E-state index >= 15 is 0 Å². The zero-order valence-corrected chi connectivity index (χ0v) is 11.2. The normalized spacial score (nSPS) is 12.1. The van der Waals surface area contributed by atoms with E-state index in [1.165, 1.54) is 4.90 Å². The summed E-state index contributed by atoms with van der Waals surface area (Å²) in [6.45, 7) is 3.21. The number of hydrogen-bond donors (Lipinski definition) is 1. The van der Waals surface area contributed by atoms with E-state index in [4.69, 9.17) is 0 Å². The lowest BCUT2D eigenvalue weighted by atomic mass is 10.2. The van der Waals surface area contributed by atoms with Crippen molar-refractivity contribution in [1.29, 1.82) is 0 Å². The Morgan fingerprint density at radius 3 is 2.37 bits per heavy atom. The van der Waals surface area contributed by atoms with Gasteiger partial charge in [-0.3, -0.25) is 4.90 Å². The summed E-state index contributed by atoms with van der Waals surface area (Å²) in [5.41, 5.74) is 1.14. The van der Waals surface area contributed by atoms with Gasteiger partial charge in [-0.2, -0.15) is 13.2 Å². The van der Waals surface area contributed by atoms with Gasteiger partial charge in [0, 0.05) is 19.6 Å². The van der Waals surface area contributed by atoms with Crippen LogP contribution in [0.3, 0.4) is 0 Å². The first-order chi connectivity index (χ1) is 9.01. The lowest BCUT2D eigenvalue weighted by molar-refractivity contribution is -0.145. The predicted molar refractivity (Wildman–Crippen MR) is 70.9 cm³/mol. The Morgan fingerprint density at radius 2 is 1.79 bits per heavy atom. The smallest absolute Gasteiger partial charge is 0.311 e. The molecular weight excluding hydrogens is 253 g/mol. The Bertz CT molecular complexity index is 338. The highest BCUT2D eigenvalue weighted by atomic mass is 19.4. The number of halogens is 3. The van der Waals surface area contributed by atoms with Gasteiger partial charge in [-0.25, -0.2) is 0 Å². The minimum atomic E-state index is -4.12. The predicted octanol–water partition coefficient (Wildman–Crippen LogP) is 3.05. The summed E-state index contributed by atoms with van der Waals surface area (Å²) in [6, 6.07) is 9.82. The van der Waals surface area contributed by atoms with Crippen LogP contribution < -0.4 is 5.32 Å². The van der Waals surface area contributed by atoms with Gasteiger partial charge in [-0.15, -0.1) is 0 Å². The molecule has 0 saturated heterocycles. The van der Waals surface area contributed by atoms with Crippen LogP contribution in [-0.4, -0.2) is 37.3 Å². The Hall–Kier alpha value is -1.07. The molecular formula is C14H21F3N2. The van der Waals surface area contributed by atoms with Crippen LogP contribution in [0.2, 0.25) is 0 Å². The molecule has 0 unspecified atom stereocenters. The zero-order chi connectivity index (χ0) is 14.1. The van der Waals surface area contributed by atoms with Gasteiger partial charge in [0.2, 0.25) is 0 Å². The summed E-state index contributed by atoms with van der Waals surface area (Å²) in [7, 11) is 0. The first-order valence-corrected chi connectivity index (χ1v) is 6.55. The van der Waals surface area contributed by atoms with Gasteiger partial charge in [0.15, 0.2) is 0 Å². The first-order valence-electron chi connectivity index (χ1n) is 6.55. The second kappa shape index (κ2) is 8.17. The van der Waals surface area contributed by atoms with Crippen molar-refractivity contribution in [3.63, 3.8) is 0 Å². The molecule has 5 heteroatoms. The minimum absolute atomic E-state index is 0.417. The third-order valence-corrected chi connectivity index (χ3v) is 2.72. The number of alkyl halides is 3. The second-order valence-corrected chi connectivity index (χ2v) is 4.55. The summed E-state index contributed by atoms with van der Waals surface area (Å²) in [6.07, 6.45) is -3.39. The van der Waals surface area contributed by atoms with Gasteiger partial charge in [0.05, 0.1) is 6.54 Å². The Kier molecular flexibility index (Phi) is 6.87. The SMILES string of the molecule is CCCN(CCNCc1ccccc1)CC(F)(F)F. The summed E-state index contributed by atoms with van der Waals surface area (Å²) >= 11 is 0. The summed E-state index contributed by atoms with van der Waals surface area (Å²) in [5, 5.41) is 3.17. The van der Waals surface area contributed by atoms with Gasteiger partial charge >= 0.3 is 6.18 Å². The van der Waals surface area contributed by atoms with Crippen molar-refractivity contribution in [2.45, 2.75) is 26.1 Å². The minimum Gasteiger partial charge on any atom is -0.311 e. The first kappa shape index (κ1) is 16.0. The van der Waals surface area contributed by atoms with E-state index in [-0.39, 0.29) is 0 Å². The summed E-state index contributed by atoms with van der Waals surface area (Å²) in [5.74, 6) is 0. The lowest BCUT2D eigenvalue weighted by Crippen LogP contribution is -2.39. The fraction of sp³-hybridized carbons (Fsp3) is 0.571.